The lowest BCUT2D eigenvalue weighted by Crippen LogP contribution is -2.06. The van der Waals surface area contributed by atoms with Crippen LogP contribution in [-0.4, -0.2) is 10.9 Å². The van der Waals surface area contributed by atoms with Crippen LogP contribution in [0.25, 0.3) is 16.7 Å². The molecule has 1 N–H and O–H groups in total. The van der Waals surface area contributed by atoms with Gasteiger partial charge in [-0.3, -0.25) is 4.79 Å². The first kappa shape index (κ1) is 11.1. The Morgan fingerprint density at radius 2 is 2.06 bits per heavy atom. The number of allylic oxidation sites excluding steroid dienone is 1. The van der Waals surface area contributed by atoms with Crippen molar-refractivity contribution in [2.45, 2.75) is 6.92 Å². The summed E-state index contributed by atoms with van der Waals surface area (Å²) in [5, 5.41) is 10.3. The van der Waals surface area contributed by atoms with Gasteiger partial charge in [0.2, 0.25) is 0 Å². The number of hydrogen-bond donors (Lipinski definition) is 1. The Balaban J connectivity index is 2.67. The molecule has 2 aromatic rings. The van der Waals surface area contributed by atoms with Gasteiger partial charge in [-0.1, -0.05) is 18.2 Å². The van der Waals surface area contributed by atoms with Crippen molar-refractivity contribution in [3.05, 3.63) is 52.4 Å². The van der Waals surface area contributed by atoms with Gasteiger partial charge in [-0.25, -0.2) is 4.79 Å². The van der Waals surface area contributed by atoms with Gasteiger partial charge in [0.05, 0.1) is 0 Å². The third kappa shape index (κ3) is 2.25. The predicted molar refractivity (Wildman–Crippen MR) is 63.8 cm³/mol. The number of ketones is 1. The lowest BCUT2D eigenvalue weighted by molar-refractivity contribution is -0.112. The van der Waals surface area contributed by atoms with Gasteiger partial charge in [-0.05, 0) is 19.1 Å². The van der Waals surface area contributed by atoms with Gasteiger partial charge in [0.1, 0.15) is 16.9 Å². The molecule has 0 aliphatic heterocycles. The van der Waals surface area contributed by atoms with Crippen molar-refractivity contribution in [2.24, 2.45) is 0 Å². The molecule has 1 aromatic heterocycles. The second-order valence-electron chi connectivity index (χ2n) is 3.63. The molecule has 0 saturated heterocycles. The minimum Gasteiger partial charge on any atom is -0.507 e. The summed E-state index contributed by atoms with van der Waals surface area (Å²) in [6.45, 7) is 1.29. The molecule has 2 rings (SSSR count). The smallest absolute Gasteiger partial charge is 0.347 e. The quantitative estimate of drug-likeness (QED) is 0.488. The summed E-state index contributed by atoms with van der Waals surface area (Å²) >= 11 is 0. The number of carbonyl (C=O) groups is 1. The second-order valence-corrected chi connectivity index (χ2v) is 3.63. The number of aliphatic hydroxyl groups excluding tert-OH is 1. The van der Waals surface area contributed by atoms with Gasteiger partial charge in [0, 0.05) is 11.5 Å². The van der Waals surface area contributed by atoms with Gasteiger partial charge >= 0.3 is 5.63 Å². The third-order valence-electron chi connectivity index (χ3n) is 2.26. The van der Waals surface area contributed by atoms with E-state index in [1.165, 1.54) is 13.0 Å². The Labute approximate surface area is 96.8 Å². The molecular weight excluding hydrogens is 220 g/mol. The topological polar surface area (TPSA) is 67.5 Å². The fraction of sp³-hybridized carbons (Fsp3) is 0.0769. The number of carbonyl (C=O) groups excluding carboxylic acids is 1. The van der Waals surface area contributed by atoms with E-state index in [2.05, 4.69) is 0 Å². The Morgan fingerprint density at radius 3 is 2.76 bits per heavy atom. The number of fused-ring (bicyclic) bond motifs is 1. The van der Waals surface area contributed by atoms with Crippen molar-refractivity contribution in [1.82, 2.24) is 0 Å². The first-order valence-corrected chi connectivity index (χ1v) is 5.02. The molecule has 0 atom stereocenters. The highest BCUT2D eigenvalue weighted by Crippen LogP contribution is 2.16. The van der Waals surface area contributed by atoms with Crippen LogP contribution in [0.1, 0.15) is 12.5 Å². The van der Waals surface area contributed by atoms with Gasteiger partial charge in [-0.2, -0.15) is 0 Å². The van der Waals surface area contributed by atoms with E-state index in [0.717, 1.165) is 6.08 Å². The summed E-state index contributed by atoms with van der Waals surface area (Å²) in [6.07, 6.45) is 0.987. The summed E-state index contributed by atoms with van der Waals surface area (Å²) in [6, 6.07) is 8.44. The summed E-state index contributed by atoms with van der Waals surface area (Å²) < 4.78 is 5.03. The van der Waals surface area contributed by atoms with E-state index in [9.17, 15) is 14.7 Å². The van der Waals surface area contributed by atoms with Crippen LogP contribution in [0.5, 0.6) is 0 Å². The summed E-state index contributed by atoms with van der Waals surface area (Å²) in [4.78, 5) is 22.4. The Hall–Kier alpha value is -2.36. The van der Waals surface area contributed by atoms with E-state index < -0.39 is 5.63 Å². The van der Waals surface area contributed by atoms with Crippen LogP contribution in [0.4, 0.5) is 0 Å². The molecule has 17 heavy (non-hydrogen) atoms. The molecule has 0 spiro atoms. The van der Waals surface area contributed by atoms with E-state index in [1.54, 1.807) is 24.3 Å². The molecule has 86 valence electrons. The molecule has 4 heteroatoms. The monoisotopic (exact) mass is 230 g/mol. The van der Waals surface area contributed by atoms with Gasteiger partial charge in [-0.15, -0.1) is 0 Å². The zero-order valence-corrected chi connectivity index (χ0v) is 9.14. The van der Waals surface area contributed by atoms with Crippen LogP contribution in [0, 0.1) is 0 Å². The summed E-state index contributed by atoms with van der Waals surface area (Å²) in [5.74, 6) is -0.716. The molecule has 4 nitrogen and oxygen atoms in total. The molecular formula is C13H10O4. The normalized spacial score (nSPS) is 11.7. The van der Waals surface area contributed by atoms with Crippen LogP contribution in [0.2, 0.25) is 0 Å². The Bertz CT molecular complexity index is 664. The highest BCUT2D eigenvalue weighted by atomic mass is 16.4. The number of benzene rings is 1. The van der Waals surface area contributed by atoms with E-state index >= 15 is 0 Å². The molecule has 0 bridgehead atoms. The zero-order chi connectivity index (χ0) is 12.4. The highest BCUT2D eigenvalue weighted by molar-refractivity contribution is 5.94. The van der Waals surface area contributed by atoms with E-state index in [-0.39, 0.29) is 17.1 Å². The first-order valence-electron chi connectivity index (χ1n) is 5.02. The third-order valence-corrected chi connectivity index (χ3v) is 2.26. The lowest BCUT2D eigenvalue weighted by Gasteiger charge is -2.00. The largest absolute Gasteiger partial charge is 0.507 e. The second kappa shape index (κ2) is 4.25. The van der Waals surface area contributed by atoms with Crippen LogP contribution in [0.3, 0.4) is 0 Å². The fourth-order valence-corrected chi connectivity index (χ4v) is 1.51. The Kier molecular flexibility index (Phi) is 2.78. The van der Waals surface area contributed by atoms with Crippen LogP contribution in [-0.2, 0) is 4.79 Å². The maximum atomic E-state index is 11.6. The molecule has 0 amide bonds. The van der Waals surface area contributed by atoms with E-state index in [1.807, 2.05) is 0 Å². The van der Waals surface area contributed by atoms with Crippen molar-refractivity contribution in [3.8, 4) is 0 Å². The van der Waals surface area contributed by atoms with Crippen molar-refractivity contribution < 1.29 is 14.3 Å². The predicted octanol–water partition coefficient (Wildman–Crippen LogP) is 2.28. The average Bonchev–Trinajstić information content (AvgIpc) is 2.27. The average molecular weight is 230 g/mol. The van der Waals surface area contributed by atoms with Crippen LogP contribution < -0.4 is 5.63 Å². The minimum atomic E-state index is -0.668. The van der Waals surface area contributed by atoms with Gasteiger partial charge in [0.15, 0.2) is 5.78 Å². The number of rotatable bonds is 2. The molecule has 0 aliphatic rings. The van der Waals surface area contributed by atoms with Gasteiger partial charge < -0.3 is 9.52 Å². The van der Waals surface area contributed by atoms with Crippen molar-refractivity contribution in [3.63, 3.8) is 0 Å². The zero-order valence-electron chi connectivity index (χ0n) is 9.14. The lowest BCUT2D eigenvalue weighted by atomic mass is 10.1. The van der Waals surface area contributed by atoms with E-state index in [4.69, 9.17) is 4.42 Å². The molecule has 0 aliphatic carbocycles. The fourth-order valence-electron chi connectivity index (χ4n) is 1.51. The highest BCUT2D eigenvalue weighted by Gasteiger charge is 2.09. The van der Waals surface area contributed by atoms with Crippen molar-refractivity contribution in [1.29, 1.82) is 0 Å². The standard InChI is InChI=1S/C13H10O4/c1-8(14)6-11(15)10-7-9-4-2-3-5-12(9)17-13(10)16/h2-7,15H,1H3/b11-6-. The SMILES string of the molecule is CC(=O)/C=C(\O)c1cc2ccccc2oc1=O. The molecule has 0 fully saturated rings. The summed E-state index contributed by atoms with van der Waals surface area (Å²) in [5.41, 5.74) is -0.241. The molecule has 0 radical (unpaired) electrons. The molecule has 0 unspecified atom stereocenters. The molecule has 0 saturated carbocycles. The molecule has 1 aromatic carbocycles. The minimum absolute atomic E-state index is 0.0149. The van der Waals surface area contributed by atoms with Gasteiger partial charge in [0.25, 0.3) is 0 Å². The number of para-hydroxylation sites is 1. The number of hydrogen-bond acceptors (Lipinski definition) is 4. The first-order chi connectivity index (χ1) is 8.08. The van der Waals surface area contributed by atoms with Crippen molar-refractivity contribution in [2.75, 3.05) is 0 Å². The molecule has 1 heterocycles. The Morgan fingerprint density at radius 1 is 1.35 bits per heavy atom. The van der Waals surface area contributed by atoms with E-state index in [0.29, 0.717) is 11.0 Å². The maximum absolute atomic E-state index is 11.6. The maximum Gasteiger partial charge on any atom is 0.347 e. The van der Waals surface area contributed by atoms with Crippen molar-refractivity contribution >= 4 is 22.5 Å². The summed E-state index contributed by atoms with van der Waals surface area (Å²) in [7, 11) is 0. The number of aliphatic hydroxyl groups is 1. The van der Waals surface area contributed by atoms with Crippen LogP contribution >= 0.6 is 0 Å². The van der Waals surface area contributed by atoms with Crippen LogP contribution in [0.15, 0.2) is 45.6 Å².